The van der Waals surface area contributed by atoms with Crippen LogP contribution in [0.15, 0.2) is 0 Å². The Labute approximate surface area is 421 Å². The molecule has 0 saturated carbocycles. The molecule has 0 fully saturated rings. The Bertz CT molecular complexity index is 914. The molecule has 0 aliphatic heterocycles. The zero-order chi connectivity index (χ0) is 48.6. The van der Waals surface area contributed by atoms with Gasteiger partial charge >= 0.3 is 0 Å². The minimum Gasteiger partial charge on any atom is -0.394 e. The Hall–Kier alpha value is -0.650. The van der Waals surface area contributed by atoms with Gasteiger partial charge < -0.3 is 20.6 Å². The summed E-state index contributed by atoms with van der Waals surface area (Å²) in [5.74, 6) is -0.273. The molecule has 3 atom stereocenters. The Kier molecular flexibility index (Phi) is 57.4. The molecule has 0 rings (SSSR count). The van der Waals surface area contributed by atoms with E-state index in [1.807, 2.05) is 0 Å². The molecular weight excluding hydrogens is 823 g/mol. The summed E-state index contributed by atoms with van der Waals surface area (Å²) in [6.45, 7) is 4.32. The largest absolute Gasteiger partial charge is 0.394 e. The predicted octanol–water partition coefficient (Wildman–Crippen LogP) is 19.7. The van der Waals surface area contributed by atoms with Gasteiger partial charge in [-0.25, -0.2) is 0 Å². The van der Waals surface area contributed by atoms with Crippen molar-refractivity contribution in [3.8, 4) is 0 Å². The molecular formula is C62H125NO4. The van der Waals surface area contributed by atoms with Crippen LogP contribution in [0.25, 0.3) is 0 Å². The van der Waals surface area contributed by atoms with Crippen LogP contribution >= 0.6 is 0 Å². The number of hydrogen-bond acceptors (Lipinski definition) is 4. The first-order valence-electron chi connectivity index (χ1n) is 31.3. The molecule has 3 unspecified atom stereocenters. The van der Waals surface area contributed by atoms with Crippen molar-refractivity contribution in [1.82, 2.24) is 5.32 Å². The standard InChI is InChI=1S/C62H125NO4/c1-3-5-7-9-11-13-15-17-19-21-23-25-27-29-30-32-33-35-37-39-41-43-45-47-49-51-53-55-59(65)57-62(67)63-60(58-64)61(66)56-54-52-50-48-46-44-42-40-38-36-34-31-28-26-24-22-20-18-16-14-12-10-8-6-4-2/h59-61,64-66H,3-58H2,1-2H3,(H,63,67). The number of aliphatic hydroxyl groups is 3. The summed E-state index contributed by atoms with van der Waals surface area (Å²) in [7, 11) is 0. The number of carbonyl (C=O) groups excluding carboxylic acids is 1. The fourth-order valence-corrected chi connectivity index (χ4v) is 10.4. The van der Waals surface area contributed by atoms with Gasteiger partial charge in [0, 0.05) is 0 Å². The van der Waals surface area contributed by atoms with Crippen molar-refractivity contribution in [2.24, 2.45) is 0 Å². The van der Waals surface area contributed by atoms with Crippen molar-refractivity contribution >= 4 is 5.91 Å². The third-order valence-corrected chi connectivity index (χ3v) is 15.2. The molecule has 0 radical (unpaired) electrons. The molecule has 4 N–H and O–H groups in total. The van der Waals surface area contributed by atoms with E-state index in [4.69, 9.17) is 0 Å². The summed E-state index contributed by atoms with van der Waals surface area (Å²) >= 11 is 0. The molecule has 0 spiro atoms. The maximum atomic E-state index is 12.6. The van der Waals surface area contributed by atoms with Gasteiger partial charge in [0.25, 0.3) is 0 Å². The fourth-order valence-electron chi connectivity index (χ4n) is 10.4. The highest BCUT2D eigenvalue weighted by Crippen LogP contribution is 2.19. The van der Waals surface area contributed by atoms with E-state index in [2.05, 4.69) is 19.2 Å². The summed E-state index contributed by atoms with van der Waals surface area (Å²) in [6, 6.07) is -0.655. The maximum Gasteiger partial charge on any atom is 0.222 e. The summed E-state index contributed by atoms with van der Waals surface area (Å²) in [6.07, 6.45) is 71.5. The van der Waals surface area contributed by atoms with E-state index in [0.29, 0.717) is 12.8 Å². The number of amides is 1. The van der Waals surface area contributed by atoms with Gasteiger partial charge in [-0.05, 0) is 12.8 Å². The third kappa shape index (κ3) is 54.5. The van der Waals surface area contributed by atoms with Crippen LogP contribution in [0.3, 0.4) is 0 Å². The van der Waals surface area contributed by atoms with E-state index < -0.39 is 18.2 Å². The Morgan fingerprint density at radius 2 is 0.507 bits per heavy atom. The Balaban J connectivity index is 3.46. The van der Waals surface area contributed by atoms with E-state index in [0.717, 1.165) is 25.7 Å². The number of rotatable bonds is 59. The SMILES string of the molecule is CCCCCCCCCCCCCCCCCCCCCCCCCCCCCC(O)CC(=O)NC(CO)C(O)CCCCCCCCCCCCCCCCCCCCCCCCCCC. The summed E-state index contributed by atoms with van der Waals surface area (Å²) in [5.41, 5.74) is 0. The van der Waals surface area contributed by atoms with Crippen molar-refractivity contribution in [1.29, 1.82) is 0 Å². The van der Waals surface area contributed by atoms with Crippen molar-refractivity contribution < 1.29 is 20.1 Å². The van der Waals surface area contributed by atoms with Crippen LogP contribution in [0.2, 0.25) is 0 Å². The highest BCUT2D eigenvalue weighted by Gasteiger charge is 2.21. The smallest absolute Gasteiger partial charge is 0.222 e. The van der Waals surface area contributed by atoms with E-state index in [1.54, 1.807) is 0 Å². The molecule has 0 aromatic heterocycles. The molecule has 0 saturated heterocycles. The maximum absolute atomic E-state index is 12.6. The zero-order valence-electron chi connectivity index (χ0n) is 46.1. The average Bonchev–Trinajstić information content (AvgIpc) is 3.32. The van der Waals surface area contributed by atoms with E-state index in [-0.39, 0.29) is 18.9 Å². The fraction of sp³-hybridized carbons (Fsp3) is 0.984. The average molecular weight is 949 g/mol. The lowest BCUT2D eigenvalue weighted by Crippen LogP contribution is -2.46. The van der Waals surface area contributed by atoms with Crippen LogP contribution in [0, 0.1) is 0 Å². The normalized spacial score (nSPS) is 13.1. The van der Waals surface area contributed by atoms with Gasteiger partial charge in [0.2, 0.25) is 5.91 Å². The van der Waals surface area contributed by atoms with Crippen LogP contribution < -0.4 is 5.32 Å². The number of carbonyl (C=O) groups is 1. The topological polar surface area (TPSA) is 89.8 Å². The van der Waals surface area contributed by atoms with Gasteiger partial charge in [-0.15, -0.1) is 0 Å². The van der Waals surface area contributed by atoms with Gasteiger partial charge in [-0.3, -0.25) is 4.79 Å². The summed E-state index contributed by atoms with van der Waals surface area (Å²) in [5, 5.41) is 33.7. The Morgan fingerprint density at radius 1 is 0.313 bits per heavy atom. The minimum atomic E-state index is -0.746. The molecule has 0 aliphatic rings. The zero-order valence-corrected chi connectivity index (χ0v) is 46.1. The highest BCUT2D eigenvalue weighted by atomic mass is 16.3. The first kappa shape index (κ1) is 66.3. The van der Waals surface area contributed by atoms with Crippen molar-refractivity contribution in [3.05, 3.63) is 0 Å². The summed E-state index contributed by atoms with van der Waals surface area (Å²) in [4.78, 5) is 12.6. The Morgan fingerprint density at radius 3 is 0.716 bits per heavy atom. The molecule has 0 aromatic carbocycles. The molecule has 0 aromatic rings. The number of unbranched alkanes of at least 4 members (excludes halogenated alkanes) is 50. The second-order valence-corrected chi connectivity index (χ2v) is 22.0. The second kappa shape index (κ2) is 57.9. The van der Waals surface area contributed by atoms with Gasteiger partial charge in [0.1, 0.15) is 0 Å². The van der Waals surface area contributed by atoms with Crippen LogP contribution in [0.5, 0.6) is 0 Å². The first-order chi connectivity index (χ1) is 33.0. The quantitative estimate of drug-likeness (QED) is 0.0457. The van der Waals surface area contributed by atoms with E-state index in [1.165, 1.54) is 308 Å². The molecule has 0 heterocycles. The monoisotopic (exact) mass is 948 g/mol. The lowest BCUT2D eigenvalue weighted by molar-refractivity contribution is -0.125. The number of aliphatic hydroxyl groups excluding tert-OH is 3. The molecule has 1 amide bonds. The van der Waals surface area contributed by atoms with Crippen LogP contribution in [-0.2, 0) is 4.79 Å². The predicted molar refractivity (Wildman–Crippen MR) is 296 cm³/mol. The van der Waals surface area contributed by atoms with Crippen LogP contribution in [0.1, 0.15) is 367 Å². The first-order valence-corrected chi connectivity index (χ1v) is 31.3. The van der Waals surface area contributed by atoms with E-state index >= 15 is 0 Å². The van der Waals surface area contributed by atoms with Crippen molar-refractivity contribution in [2.75, 3.05) is 6.61 Å². The molecule has 0 aliphatic carbocycles. The molecule has 402 valence electrons. The summed E-state index contributed by atoms with van der Waals surface area (Å²) < 4.78 is 0. The van der Waals surface area contributed by atoms with Gasteiger partial charge in [-0.2, -0.15) is 0 Å². The lowest BCUT2D eigenvalue weighted by Gasteiger charge is -2.23. The van der Waals surface area contributed by atoms with Crippen LogP contribution in [-0.4, -0.2) is 46.1 Å². The third-order valence-electron chi connectivity index (χ3n) is 15.2. The van der Waals surface area contributed by atoms with Gasteiger partial charge in [-0.1, -0.05) is 348 Å². The highest BCUT2D eigenvalue weighted by molar-refractivity contribution is 5.76. The van der Waals surface area contributed by atoms with E-state index in [9.17, 15) is 20.1 Å². The van der Waals surface area contributed by atoms with Gasteiger partial charge in [0.05, 0.1) is 31.3 Å². The van der Waals surface area contributed by atoms with Crippen molar-refractivity contribution in [2.45, 2.75) is 385 Å². The van der Waals surface area contributed by atoms with Crippen molar-refractivity contribution in [3.63, 3.8) is 0 Å². The lowest BCUT2D eigenvalue weighted by atomic mass is 10.0. The number of hydrogen-bond donors (Lipinski definition) is 4. The molecule has 67 heavy (non-hydrogen) atoms. The molecule has 5 nitrogen and oxygen atoms in total. The minimum absolute atomic E-state index is 0.0439. The van der Waals surface area contributed by atoms with Gasteiger partial charge in [0.15, 0.2) is 0 Å². The second-order valence-electron chi connectivity index (χ2n) is 22.0. The number of nitrogens with one attached hydrogen (secondary N) is 1. The molecule has 0 bridgehead atoms. The van der Waals surface area contributed by atoms with Crippen LogP contribution in [0.4, 0.5) is 0 Å². The molecule has 5 heteroatoms.